The van der Waals surface area contributed by atoms with E-state index in [-0.39, 0.29) is 10.8 Å². The first-order chi connectivity index (χ1) is 8.99. The number of H-pyrrole nitrogens is 1. The maximum absolute atomic E-state index is 11.9. The number of nitrogens with one attached hydrogen (secondary N) is 1. The number of benzene rings is 1. The average molecular weight is 275 g/mol. The molecule has 1 aromatic heterocycles. The zero-order valence-corrected chi connectivity index (χ0v) is 11.4. The van der Waals surface area contributed by atoms with E-state index >= 15 is 0 Å². The van der Waals surface area contributed by atoms with Crippen LogP contribution in [-0.4, -0.2) is 14.9 Å². The molecular weight excluding hydrogens is 262 g/mol. The fourth-order valence-electron chi connectivity index (χ4n) is 1.61. The Labute approximate surface area is 114 Å². The molecule has 19 heavy (non-hydrogen) atoms. The highest BCUT2D eigenvalue weighted by Crippen LogP contribution is 2.18. The molecule has 0 radical (unpaired) electrons. The number of azo groups is 1. The Morgan fingerprint density at radius 1 is 1.37 bits per heavy atom. The van der Waals surface area contributed by atoms with Gasteiger partial charge in [0.2, 0.25) is 0 Å². The Kier molecular flexibility index (Phi) is 3.57. The van der Waals surface area contributed by atoms with Crippen LogP contribution in [0.15, 0.2) is 39.3 Å². The standard InChI is InChI=1S/C12H13N5OS/c1-7-4-3-5-9(6-7)14-15-10-8(2)16-17(11(10)18)12(13)19/h3-6,16H,1-2H3,(H2,13,19). The van der Waals surface area contributed by atoms with Crippen LogP contribution >= 0.6 is 12.2 Å². The summed E-state index contributed by atoms with van der Waals surface area (Å²) in [5.74, 6) is 0. The van der Waals surface area contributed by atoms with E-state index in [0.29, 0.717) is 11.4 Å². The SMILES string of the molecule is Cc1cccc(N=Nc2c(C)[nH]n(C(N)=S)c2=O)c1. The summed E-state index contributed by atoms with van der Waals surface area (Å²) in [5.41, 5.74) is 7.53. The molecule has 0 aliphatic carbocycles. The van der Waals surface area contributed by atoms with Crippen LogP contribution in [0.2, 0.25) is 0 Å². The molecular formula is C12H13N5OS. The first kappa shape index (κ1) is 13.2. The number of hydrogen-bond acceptors (Lipinski definition) is 4. The van der Waals surface area contributed by atoms with E-state index < -0.39 is 5.56 Å². The Bertz CT molecular complexity index is 713. The summed E-state index contributed by atoms with van der Waals surface area (Å²) in [7, 11) is 0. The third-order valence-corrected chi connectivity index (χ3v) is 2.71. The Morgan fingerprint density at radius 3 is 2.68 bits per heavy atom. The number of aryl methyl sites for hydroxylation is 2. The molecule has 0 aliphatic rings. The molecule has 0 saturated heterocycles. The van der Waals surface area contributed by atoms with Crippen molar-refractivity contribution in [3.63, 3.8) is 0 Å². The van der Waals surface area contributed by atoms with Crippen LogP contribution in [0.3, 0.4) is 0 Å². The van der Waals surface area contributed by atoms with E-state index in [4.69, 9.17) is 18.0 Å². The quantitative estimate of drug-likeness (QED) is 0.651. The Morgan fingerprint density at radius 2 is 2.11 bits per heavy atom. The molecule has 98 valence electrons. The molecule has 0 amide bonds. The van der Waals surface area contributed by atoms with Gasteiger partial charge in [-0.05, 0) is 43.8 Å². The van der Waals surface area contributed by atoms with Crippen LogP contribution < -0.4 is 11.3 Å². The number of rotatable bonds is 2. The van der Waals surface area contributed by atoms with E-state index in [1.54, 1.807) is 6.92 Å². The van der Waals surface area contributed by atoms with Gasteiger partial charge >= 0.3 is 5.56 Å². The monoisotopic (exact) mass is 275 g/mol. The second kappa shape index (κ2) is 5.15. The number of aromatic amines is 1. The highest BCUT2D eigenvalue weighted by Gasteiger charge is 2.11. The van der Waals surface area contributed by atoms with Crippen molar-refractivity contribution < 1.29 is 0 Å². The normalized spacial score (nSPS) is 11.1. The molecule has 0 bridgehead atoms. The van der Waals surface area contributed by atoms with Crippen LogP contribution in [0.4, 0.5) is 11.4 Å². The fraction of sp³-hybridized carbons (Fsp3) is 0.167. The minimum absolute atomic E-state index is 0.0508. The molecule has 0 aliphatic heterocycles. The summed E-state index contributed by atoms with van der Waals surface area (Å²) < 4.78 is 1.06. The lowest BCUT2D eigenvalue weighted by atomic mass is 10.2. The van der Waals surface area contributed by atoms with Crippen molar-refractivity contribution >= 4 is 28.7 Å². The summed E-state index contributed by atoms with van der Waals surface area (Å²) >= 11 is 4.75. The van der Waals surface area contributed by atoms with Gasteiger partial charge in [0.1, 0.15) is 0 Å². The first-order valence-corrected chi connectivity index (χ1v) is 5.99. The minimum Gasteiger partial charge on any atom is -0.374 e. The van der Waals surface area contributed by atoms with Crippen molar-refractivity contribution in [1.82, 2.24) is 9.78 Å². The van der Waals surface area contributed by atoms with Gasteiger partial charge in [0.15, 0.2) is 10.8 Å². The van der Waals surface area contributed by atoms with Gasteiger partial charge in [0.25, 0.3) is 0 Å². The van der Waals surface area contributed by atoms with E-state index in [1.807, 2.05) is 31.2 Å². The van der Waals surface area contributed by atoms with Crippen LogP contribution in [0.25, 0.3) is 0 Å². The summed E-state index contributed by atoms with van der Waals surface area (Å²) in [6.45, 7) is 3.67. The lowest BCUT2D eigenvalue weighted by Crippen LogP contribution is -2.29. The number of aromatic nitrogens is 2. The largest absolute Gasteiger partial charge is 0.374 e. The van der Waals surface area contributed by atoms with Crippen LogP contribution in [0, 0.1) is 13.8 Å². The van der Waals surface area contributed by atoms with Gasteiger partial charge in [-0.25, -0.2) is 0 Å². The third kappa shape index (κ3) is 2.76. The van der Waals surface area contributed by atoms with Crippen LogP contribution in [0.5, 0.6) is 0 Å². The summed E-state index contributed by atoms with van der Waals surface area (Å²) in [5, 5.41) is 10.7. The number of thiocarbonyl (C=S) groups is 1. The van der Waals surface area contributed by atoms with E-state index in [2.05, 4.69) is 15.3 Å². The Hall–Kier alpha value is -2.28. The molecule has 7 heteroatoms. The van der Waals surface area contributed by atoms with E-state index in [0.717, 1.165) is 10.2 Å². The smallest absolute Gasteiger partial charge is 0.301 e. The topological polar surface area (TPSA) is 88.5 Å². The highest BCUT2D eigenvalue weighted by atomic mass is 32.1. The van der Waals surface area contributed by atoms with E-state index in [1.165, 1.54) is 0 Å². The predicted molar refractivity (Wildman–Crippen MR) is 77.3 cm³/mol. The van der Waals surface area contributed by atoms with Crippen molar-refractivity contribution in [3.8, 4) is 0 Å². The van der Waals surface area contributed by atoms with Crippen molar-refractivity contribution in [1.29, 1.82) is 0 Å². The van der Waals surface area contributed by atoms with Gasteiger partial charge in [0, 0.05) is 0 Å². The maximum atomic E-state index is 11.9. The zero-order valence-electron chi connectivity index (χ0n) is 10.5. The average Bonchev–Trinajstić information content (AvgIpc) is 2.63. The summed E-state index contributed by atoms with van der Waals surface area (Å²) in [6, 6.07) is 7.52. The van der Waals surface area contributed by atoms with Crippen LogP contribution in [0.1, 0.15) is 11.3 Å². The van der Waals surface area contributed by atoms with Gasteiger partial charge in [-0.15, -0.1) is 5.11 Å². The van der Waals surface area contributed by atoms with Gasteiger partial charge in [-0.1, -0.05) is 12.1 Å². The molecule has 0 fully saturated rings. The van der Waals surface area contributed by atoms with Gasteiger partial charge in [0.05, 0.1) is 11.4 Å². The molecule has 1 heterocycles. The number of nitrogens with two attached hydrogens (primary N) is 1. The fourth-order valence-corrected chi connectivity index (χ4v) is 1.74. The summed E-state index contributed by atoms with van der Waals surface area (Å²) in [6.07, 6.45) is 0. The predicted octanol–water partition coefficient (Wildman–Crippen LogP) is 2.30. The second-order valence-corrected chi connectivity index (χ2v) is 4.52. The van der Waals surface area contributed by atoms with Gasteiger partial charge in [-0.2, -0.15) is 9.80 Å². The van der Waals surface area contributed by atoms with Crippen molar-refractivity contribution in [2.75, 3.05) is 0 Å². The minimum atomic E-state index is -0.401. The first-order valence-electron chi connectivity index (χ1n) is 5.59. The molecule has 2 rings (SSSR count). The third-order valence-electron chi connectivity index (χ3n) is 2.53. The molecule has 6 nitrogen and oxygen atoms in total. The molecule has 0 atom stereocenters. The lowest BCUT2D eigenvalue weighted by Gasteiger charge is -1.93. The highest BCUT2D eigenvalue weighted by molar-refractivity contribution is 7.80. The molecule has 3 N–H and O–H groups in total. The zero-order chi connectivity index (χ0) is 14.0. The summed E-state index contributed by atoms with van der Waals surface area (Å²) in [4.78, 5) is 11.9. The molecule has 0 saturated carbocycles. The van der Waals surface area contributed by atoms with Crippen molar-refractivity contribution in [3.05, 3.63) is 45.9 Å². The molecule has 0 unspecified atom stereocenters. The second-order valence-electron chi connectivity index (χ2n) is 4.10. The van der Waals surface area contributed by atoms with Crippen LogP contribution in [-0.2, 0) is 0 Å². The lowest BCUT2D eigenvalue weighted by molar-refractivity contribution is 0.889. The van der Waals surface area contributed by atoms with Gasteiger partial charge < -0.3 is 5.73 Å². The van der Waals surface area contributed by atoms with E-state index in [9.17, 15) is 4.79 Å². The number of nitrogens with zero attached hydrogens (tertiary/aromatic N) is 3. The maximum Gasteiger partial charge on any atom is 0.301 e. The van der Waals surface area contributed by atoms with Crippen molar-refractivity contribution in [2.45, 2.75) is 13.8 Å². The van der Waals surface area contributed by atoms with Gasteiger partial charge in [-0.3, -0.25) is 9.89 Å². The molecule has 2 aromatic rings. The molecule has 0 spiro atoms. The van der Waals surface area contributed by atoms with Crippen molar-refractivity contribution in [2.24, 2.45) is 16.0 Å². The molecule has 1 aromatic carbocycles. The Balaban J connectivity index is 2.39. The number of hydrogen-bond donors (Lipinski definition) is 2.